The minimum absolute atomic E-state index is 0.752. The van der Waals surface area contributed by atoms with Gasteiger partial charge in [0.1, 0.15) is 0 Å². The summed E-state index contributed by atoms with van der Waals surface area (Å²) < 4.78 is 0. The summed E-state index contributed by atoms with van der Waals surface area (Å²) in [5.41, 5.74) is 0. The number of hydrogen-bond donors (Lipinski definition) is 2. The quantitative estimate of drug-likeness (QED) is 0.640. The lowest BCUT2D eigenvalue weighted by Gasteiger charge is -2.44. The minimum Gasteiger partial charge on any atom is -0.312 e. The van der Waals surface area contributed by atoms with Gasteiger partial charge in [-0.1, -0.05) is 13.8 Å². The highest BCUT2D eigenvalue weighted by molar-refractivity contribution is 4.95. The molecule has 0 radical (unpaired) electrons. The molecule has 76 valence electrons. The van der Waals surface area contributed by atoms with Crippen LogP contribution in [0.2, 0.25) is 0 Å². The molecule has 0 aromatic rings. The van der Waals surface area contributed by atoms with Gasteiger partial charge < -0.3 is 10.6 Å². The first-order chi connectivity index (χ1) is 6.29. The van der Waals surface area contributed by atoms with Gasteiger partial charge in [0.15, 0.2) is 0 Å². The standard InChI is InChI=1S/C11H22N2/c1-8(2)9-5-7-12-10-4-3-6-13-11(9)10/h8-13H,3-7H2,1-2H3. The molecule has 0 saturated carbocycles. The van der Waals surface area contributed by atoms with Crippen molar-refractivity contribution in [2.75, 3.05) is 13.1 Å². The van der Waals surface area contributed by atoms with Crippen molar-refractivity contribution in [2.45, 2.75) is 45.2 Å². The van der Waals surface area contributed by atoms with Crippen molar-refractivity contribution in [1.82, 2.24) is 10.6 Å². The fourth-order valence-corrected chi connectivity index (χ4v) is 2.95. The van der Waals surface area contributed by atoms with Crippen molar-refractivity contribution in [1.29, 1.82) is 0 Å². The van der Waals surface area contributed by atoms with Crippen LogP contribution < -0.4 is 10.6 Å². The van der Waals surface area contributed by atoms with Crippen LogP contribution in [0.15, 0.2) is 0 Å². The third kappa shape index (κ3) is 1.89. The molecule has 0 spiro atoms. The van der Waals surface area contributed by atoms with Crippen LogP contribution in [0.4, 0.5) is 0 Å². The number of nitrogens with one attached hydrogen (secondary N) is 2. The minimum atomic E-state index is 0.752. The summed E-state index contributed by atoms with van der Waals surface area (Å²) in [6, 6.07) is 1.51. The van der Waals surface area contributed by atoms with Crippen LogP contribution in [-0.4, -0.2) is 25.2 Å². The van der Waals surface area contributed by atoms with E-state index in [1.807, 2.05) is 0 Å². The molecule has 2 rings (SSSR count). The Morgan fingerprint density at radius 1 is 1.08 bits per heavy atom. The number of rotatable bonds is 1. The highest BCUT2D eigenvalue weighted by Gasteiger charge is 2.35. The molecule has 0 amide bonds. The van der Waals surface area contributed by atoms with E-state index < -0.39 is 0 Å². The van der Waals surface area contributed by atoms with E-state index in [0.717, 1.165) is 23.9 Å². The third-order valence-corrected chi connectivity index (χ3v) is 3.71. The molecule has 2 saturated heterocycles. The average Bonchev–Trinajstić information content (AvgIpc) is 2.17. The Morgan fingerprint density at radius 3 is 2.69 bits per heavy atom. The Morgan fingerprint density at radius 2 is 1.92 bits per heavy atom. The maximum atomic E-state index is 3.69. The second kappa shape index (κ2) is 3.97. The predicted octanol–water partition coefficient (Wildman–Crippen LogP) is 1.37. The fourth-order valence-electron chi connectivity index (χ4n) is 2.95. The Hall–Kier alpha value is -0.0800. The lowest BCUT2D eigenvalue weighted by molar-refractivity contribution is 0.145. The molecular weight excluding hydrogens is 160 g/mol. The Kier molecular flexibility index (Phi) is 2.89. The molecule has 0 aromatic carbocycles. The first-order valence-electron chi connectivity index (χ1n) is 5.76. The Labute approximate surface area is 81.5 Å². The monoisotopic (exact) mass is 182 g/mol. The van der Waals surface area contributed by atoms with E-state index in [4.69, 9.17) is 0 Å². The van der Waals surface area contributed by atoms with Crippen LogP contribution in [0.25, 0.3) is 0 Å². The summed E-state index contributed by atoms with van der Waals surface area (Å²) in [5, 5.41) is 7.33. The summed E-state index contributed by atoms with van der Waals surface area (Å²) in [4.78, 5) is 0. The van der Waals surface area contributed by atoms with Gasteiger partial charge in [-0.25, -0.2) is 0 Å². The van der Waals surface area contributed by atoms with Gasteiger partial charge in [0.25, 0.3) is 0 Å². The van der Waals surface area contributed by atoms with Crippen LogP contribution in [0.3, 0.4) is 0 Å². The number of hydrogen-bond acceptors (Lipinski definition) is 2. The van der Waals surface area contributed by atoms with E-state index in [1.54, 1.807) is 0 Å². The summed E-state index contributed by atoms with van der Waals surface area (Å²) in [5.74, 6) is 1.73. The van der Waals surface area contributed by atoms with Crippen molar-refractivity contribution in [3.05, 3.63) is 0 Å². The summed E-state index contributed by atoms with van der Waals surface area (Å²) in [6.07, 6.45) is 4.08. The molecule has 0 bridgehead atoms. The largest absolute Gasteiger partial charge is 0.312 e. The van der Waals surface area contributed by atoms with Crippen molar-refractivity contribution in [2.24, 2.45) is 11.8 Å². The van der Waals surface area contributed by atoms with Crippen LogP contribution in [-0.2, 0) is 0 Å². The van der Waals surface area contributed by atoms with E-state index in [0.29, 0.717) is 0 Å². The first-order valence-corrected chi connectivity index (χ1v) is 5.76. The fraction of sp³-hybridized carbons (Fsp3) is 1.00. The summed E-state index contributed by atoms with van der Waals surface area (Å²) >= 11 is 0. The molecule has 0 aromatic heterocycles. The Bertz CT molecular complexity index is 165. The van der Waals surface area contributed by atoms with Gasteiger partial charge in [0.05, 0.1) is 0 Å². The smallest absolute Gasteiger partial charge is 0.0252 e. The lowest BCUT2D eigenvalue weighted by atomic mass is 9.77. The molecule has 2 aliphatic heterocycles. The molecule has 2 nitrogen and oxygen atoms in total. The van der Waals surface area contributed by atoms with E-state index >= 15 is 0 Å². The van der Waals surface area contributed by atoms with Crippen LogP contribution >= 0.6 is 0 Å². The van der Waals surface area contributed by atoms with Gasteiger partial charge >= 0.3 is 0 Å². The molecular formula is C11H22N2. The maximum absolute atomic E-state index is 3.69. The van der Waals surface area contributed by atoms with Gasteiger partial charge in [-0.2, -0.15) is 0 Å². The molecule has 0 aliphatic carbocycles. The average molecular weight is 182 g/mol. The van der Waals surface area contributed by atoms with Gasteiger partial charge in [-0.15, -0.1) is 0 Å². The van der Waals surface area contributed by atoms with E-state index in [-0.39, 0.29) is 0 Å². The summed E-state index contributed by atoms with van der Waals surface area (Å²) in [6.45, 7) is 7.18. The Balaban J connectivity index is 2.02. The number of piperidine rings is 2. The van der Waals surface area contributed by atoms with Crippen LogP contribution in [0.1, 0.15) is 33.1 Å². The van der Waals surface area contributed by atoms with Gasteiger partial charge in [-0.3, -0.25) is 0 Å². The normalized spacial score (nSPS) is 40.4. The molecule has 2 heteroatoms. The number of fused-ring (bicyclic) bond motifs is 1. The van der Waals surface area contributed by atoms with Crippen LogP contribution in [0, 0.1) is 11.8 Å². The SMILES string of the molecule is CC(C)C1CCNC2CCCNC21. The van der Waals surface area contributed by atoms with Crippen molar-refractivity contribution in [3.63, 3.8) is 0 Å². The molecule has 2 aliphatic rings. The highest BCUT2D eigenvalue weighted by Crippen LogP contribution is 2.28. The van der Waals surface area contributed by atoms with Gasteiger partial charge in [0, 0.05) is 12.1 Å². The second-order valence-corrected chi connectivity index (χ2v) is 4.88. The van der Waals surface area contributed by atoms with Crippen molar-refractivity contribution >= 4 is 0 Å². The molecule has 13 heavy (non-hydrogen) atoms. The molecule has 3 unspecified atom stereocenters. The third-order valence-electron chi connectivity index (χ3n) is 3.71. The van der Waals surface area contributed by atoms with Crippen LogP contribution in [0.5, 0.6) is 0 Å². The summed E-state index contributed by atoms with van der Waals surface area (Å²) in [7, 11) is 0. The first kappa shape index (κ1) is 9.47. The van der Waals surface area contributed by atoms with E-state index in [2.05, 4.69) is 24.5 Å². The van der Waals surface area contributed by atoms with E-state index in [9.17, 15) is 0 Å². The second-order valence-electron chi connectivity index (χ2n) is 4.88. The molecule has 2 fully saturated rings. The molecule has 2 N–H and O–H groups in total. The van der Waals surface area contributed by atoms with Crippen molar-refractivity contribution in [3.8, 4) is 0 Å². The zero-order chi connectivity index (χ0) is 9.26. The lowest BCUT2D eigenvalue weighted by Crippen LogP contribution is -2.60. The molecule has 2 heterocycles. The van der Waals surface area contributed by atoms with Gasteiger partial charge in [0.2, 0.25) is 0 Å². The zero-order valence-electron chi connectivity index (χ0n) is 8.84. The van der Waals surface area contributed by atoms with E-state index in [1.165, 1.54) is 32.4 Å². The van der Waals surface area contributed by atoms with Gasteiger partial charge in [-0.05, 0) is 44.2 Å². The predicted molar refractivity (Wildman–Crippen MR) is 55.8 cm³/mol. The molecule has 3 atom stereocenters. The maximum Gasteiger partial charge on any atom is 0.0252 e. The van der Waals surface area contributed by atoms with Crippen molar-refractivity contribution < 1.29 is 0 Å². The zero-order valence-corrected chi connectivity index (χ0v) is 8.84. The topological polar surface area (TPSA) is 24.1 Å². The highest BCUT2D eigenvalue weighted by atomic mass is 15.1.